The van der Waals surface area contributed by atoms with Gasteiger partial charge >= 0.3 is 0 Å². The van der Waals surface area contributed by atoms with Crippen LogP contribution in [-0.4, -0.2) is 17.7 Å². The molecule has 1 aliphatic carbocycles. The molecule has 0 fully saturated rings. The highest BCUT2D eigenvalue weighted by Crippen LogP contribution is 2.32. The Labute approximate surface area is 138 Å². The molecule has 1 heterocycles. The van der Waals surface area contributed by atoms with Crippen LogP contribution in [0, 0.1) is 0 Å². The predicted octanol–water partition coefficient (Wildman–Crippen LogP) is 4.18. The van der Waals surface area contributed by atoms with Gasteiger partial charge in [-0.3, -0.25) is 0 Å². The van der Waals surface area contributed by atoms with E-state index in [1.165, 1.54) is 35.1 Å². The maximum atomic E-state index is 5.21. The van der Waals surface area contributed by atoms with Gasteiger partial charge in [0.25, 0.3) is 0 Å². The van der Waals surface area contributed by atoms with E-state index in [4.69, 9.17) is 4.52 Å². The molecule has 0 saturated heterocycles. The van der Waals surface area contributed by atoms with E-state index in [1.54, 1.807) is 6.26 Å². The number of rotatable bonds is 5. The fourth-order valence-corrected chi connectivity index (χ4v) is 3.26. The van der Waals surface area contributed by atoms with Gasteiger partial charge in [0.05, 0.1) is 0 Å². The average molecular weight is 321 g/mol. The SMILES string of the molecule is CCCNC1CCc2cccc(-c3nocc3CC)c2C1.Cl. The average Bonchev–Trinajstić information content (AvgIpc) is 3.00. The Morgan fingerprint density at radius 2 is 2.18 bits per heavy atom. The van der Waals surface area contributed by atoms with Crippen molar-refractivity contribution in [1.82, 2.24) is 10.5 Å². The molecule has 3 rings (SSSR count). The van der Waals surface area contributed by atoms with Crippen LogP contribution in [0.3, 0.4) is 0 Å². The third-order valence-corrected chi connectivity index (χ3v) is 4.45. The summed E-state index contributed by atoms with van der Waals surface area (Å²) in [5.74, 6) is 0. The van der Waals surface area contributed by atoms with Crippen molar-refractivity contribution in [2.45, 2.75) is 52.0 Å². The van der Waals surface area contributed by atoms with Crippen molar-refractivity contribution in [3.05, 3.63) is 41.2 Å². The molecule has 3 nitrogen and oxygen atoms in total. The molecule has 0 aliphatic heterocycles. The summed E-state index contributed by atoms with van der Waals surface area (Å²) in [4.78, 5) is 0. The first-order chi connectivity index (χ1) is 10.3. The molecule has 1 unspecified atom stereocenters. The molecule has 2 aromatic rings. The lowest BCUT2D eigenvalue weighted by molar-refractivity contribution is 0.421. The van der Waals surface area contributed by atoms with Gasteiger partial charge in [0.2, 0.25) is 0 Å². The Kier molecular flexibility index (Phi) is 6.04. The number of halogens is 1. The summed E-state index contributed by atoms with van der Waals surface area (Å²) in [5.41, 5.74) is 6.44. The molecule has 1 aromatic carbocycles. The summed E-state index contributed by atoms with van der Waals surface area (Å²) in [5, 5.41) is 7.93. The van der Waals surface area contributed by atoms with Gasteiger partial charge in [-0.25, -0.2) is 0 Å². The summed E-state index contributed by atoms with van der Waals surface area (Å²) < 4.78 is 5.21. The molecular weight excluding hydrogens is 296 g/mol. The third-order valence-electron chi connectivity index (χ3n) is 4.45. The topological polar surface area (TPSA) is 38.1 Å². The third kappa shape index (κ3) is 3.36. The molecule has 1 aliphatic rings. The molecule has 22 heavy (non-hydrogen) atoms. The number of nitrogens with zero attached hydrogens (tertiary/aromatic N) is 1. The van der Waals surface area contributed by atoms with Crippen LogP contribution in [0.5, 0.6) is 0 Å². The molecule has 0 saturated carbocycles. The zero-order chi connectivity index (χ0) is 14.7. The quantitative estimate of drug-likeness (QED) is 0.898. The van der Waals surface area contributed by atoms with Gasteiger partial charge in [0.1, 0.15) is 12.0 Å². The van der Waals surface area contributed by atoms with Crippen molar-refractivity contribution in [1.29, 1.82) is 0 Å². The molecule has 0 spiro atoms. The second-order valence-electron chi connectivity index (χ2n) is 5.88. The molecule has 120 valence electrons. The Morgan fingerprint density at radius 1 is 1.32 bits per heavy atom. The zero-order valence-corrected chi connectivity index (χ0v) is 14.2. The summed E-state index contributed by atoms with van der Waals surface area (Å²) in [6.45, 7) is 5.47. The Bertz CT molecular complexity index is 609. The van der Waals surface area contributed by atoms with Crippen LogP contribution in [0.2, 0.25) is 0 Å². The summed E-state index contributed by atoms with van der Waals surface area (Å²) in [7, 11) is 0. The highest BCUT2D eigenvalue weighted by Gasteiger charge is 2.22. The monoisotopic (exact) mass is 320 g/mol. The normalized spacial score (nSPS) is 16.9. The molecule has 1 atom stereocenters. The van der Waals surface area contributed by atoms with Gasteiger partial charge in [-0.1, -0.05) is 37.2 Å². The van der Waals surface area contributed by atoms with E-state index in [-0.39, 0.29) is 12.4 Å². The molecule has 1 aromatic heterocycles. The van der Waals surface area contributed by atoms with Crippen molar-refractivity contribution in [2.75, 3.05) is 6.54 Å². The standard InChI is InChI=1S/C18H24N2O.ClH/c1-3-10-19-15-9-8-14-6-5-7-16(17(14)11-15)18-13(4-2)12-21-20-18;/h5-7,12,15,19H,3-4,8-11H2,1-2H3;1H. The smallest absolute Gasteiger partial charge is 0.127 e. The molecule has 1 N–H and O–H groups in total. The van der Waals surface area contributed by atoms with Crippen LogP contribution in [0.1, 0.15) is 43.4 Å². The Hall–Kier alpha value is -1.32. The number of nitrogens with one attached hydrogen (secondary N) is 1. The molecule has 0 amide bonds. The van der Waals surface area contributed by atoms with Crippen molar-refractivity contribution in [3.63, 3.8) is 0 Å². The number of benzene rings is 1. The first kappa shape index (κ1) is 17.0. The Balaban J connectivity index is 0.00000176. The molecule has 4 heteroatoms. The summed E-state index contributed by atoms with van der Waals surface area (Å²) in [6, 6.07) is 7.20. The fourth-order valence-electron chi connectivity index (χ4n) is 3.26. The predicted molar refractivity (Wildman–Crippen MR) is 92.7 cm³/mol. The van der Waals surface area contributed by atoms with Crippen molar-refractivity contribution in [3.8, 4) is 11.3 Å². The molecule has 0 radical (unpaired) electrons. The first-order valence-electron chi connectivity index (χ1n) is 8.11. The van der Waals surface area contributed by atoms with Crippen LogP contribution < -0.4 is 5.32 Å². The lowest BCUT2D eigenvalue weighted by Crippen LogP contribution is -2.35. The number of fused-ring (bicyclic) bond motifs is 1. The van der Waals surface area contributed by atoms with E-state index in [1.807, 2.05) is 0 Å². The maximum Gasteiger partial charge on any atom is 0.127 e. The number of hydrogen-bond acceptors (Lipinski definition) is 3. The van der Waals surface area contributed by atoms with Gasteiger partial charge in [-0.05, 0) is 49.8 Å². The van der Waals surface area contributed by atoms with E-state index < -0.39 is 0 Å². The van der Waals surface area contributed by atoms with Gasteiger partial charge in [-0.2, -0.15) is 0 Å². The van der Waals surface area contributed by atoms with Gasteiger partial charge < -0.3 is 9.84 Å². The lowest BCUT2D eigenvalue weighted by Gasteiger charge is -2.27. The highest BCUT2D eigenvalue weighted by molar-refractivity contribution is 5.85. The van der Waals surface area contributed by atoms with E-state index in [2.05, 4.69) is 42.5 Å². The van der Waals surface area contributed by atoms with E-state index >= 15 is 0 Å². The lowest BCUT2D eigenvalue weighted by atomic mass is 9.84. The van der Waals surface area contributed by atoms with Gasteiger partial charge in [0, 0.05) is 17.2 Å². The van der Waals surface area contributed by atoms with Crippen LogP contribution in [0.15, 0.2) is 29.0 Å². The van der Waals surface area contributed by atoms with Crippen LogP contribution in [0.25, 0.3) is 11.3 Å². The second-order valence-corrected chi connectivity index (χ2v) is 5.88. The molecular formula is C18H25ClN2O. The number of hydrogen-bond donors (Lipinski definition) is 1. The maximum absolute atomic E-state index is 5.21. The highest BCUT2D eigenvalue weighted by atomic mass is 35.5. The minimum atomic E-state index is 0. The van der Waals surface area contributed by atoms with E-state index in [0.717, 1.165) is 31.5 Å². The Morgan fingerprint density at radius 3 is 2.95 bits per heavy atom. The first-order valence-corrected chi connectivity index (χ1v) is 8.11. The minimum Gasteiger partial charge on any atom is -0.364 e. The van der Waals surface area contributed by atoms with E-state index in [0.29, 0.717) is 6.04 Å². The molecule has 0 bridgehead atoms. The van der Waals surface area contributed by atoms with Crippen molar-refractivity contribution >= 4 is 12.4 Å². The van der Waals surface area contributed by atoms with Crippen LogP contribution >= 0.6 is 12.4 Å². The van der Waals surface area contributed by atoms with Crippen molar-refractivity contribution in [2.24, 2.45) is 0 Å². The van der Waals surface area contributed by atoms with Crippen molar-refractivity contribution < 1.29 is 4.52 Å². The largest absolute Gasteiger partial charge is 0.364 e. The number of aromatic nitrogens is 1. The number of aryl methyl sites for hydroxylation is 2. The summed E-state index contributed by atoms with van der Waals surface area (Å²) >= 11 is 0. The fraction of sp³-hybridized carbons (Fsp3) is 0.500. The van der Waals surface area contributed by atoms with Gasteiger partial charge in [0.15, 0.2) is 0 Å². The van der Waals surface area contributed by atoms with Crippen LogP contribution in [0.4, 0.5) is 0 Å². The zero-order valence-electron chi connectivity index (χ0n) is 13.4. The van der Waals surface area contributed by atoms with E-state index in [9.17, 15) is 0 Å². The minimum absolute atomic E-state index is 0. The van der Waals surface area contributed by atoms with Gasteiger partial charge in [-0.15, -0.1) is 12.4 Å². The van der Waals surface area contributed by atoms with Crippen LogP contribution in [-0.2, 0) is 19.3 Å². The summed E-state index contributed by atoms with van der Waals surface area (Å²) in [6.07, 6.45) is 7.42. The second kappa shape index (κ2) is 7.80.